The molecule has 0 spiro atoms. The lowest BCUT2D eigenvalue weighted by Gasteiger charge is -2.13. The molecule has 8 N–H and O–H groups in total. The van der Waals surface area contributed by atoms with Crippen LogP contribution in [0.5, 0.6) is 0 Å². The summed E-state index contributed by atoms with van der Waals surface area (Å²) in [6.45, 7) is 1.20. The van der Waals surface area contributed by atoms with Gasteiger partial charge in [-0.2, -0.15) is 0 Å². The van der Waals surface area contributed by atoms with Gasteiger partial charge in [0.2, 0.25) is 11.8 Å². The van der Waals surface area contributed by atoms with Crippen molar-refractivity contribution < 1.29 is 9.59 Å². The number of hydrogen-bond donors (Lipinski definition) is 6. The molecular weight excluding hydrogens is 452 g/mol. The predicted molar refractivity (Wildman–Crippen MR) is 144 cm³/mol. The SMILES string of the molecule is N[C@@H](Cc1c[nH]c2ccccc12)C(=O)NCCCCCCNC(=O)[C@@H](N)Cc1c[nH]c2ccccc12. The zero-order valence-electron chi connectivity index (χ0n) is 20.6. The molecule has 4 rings (SSSR count). The minimum Gasteiger partial charge on any atom is -0.361 e. The second kappa shape index (κ2) is 12.4. The van der Waals surface area contributed by atoms with Crippen molar-refractivity contribution in [1.82, 2.24) is 20.6 Å². The van der Waals surface area contributed by atoms with E-state index in [1.54, 1.807) is 0 Å². The molecule has 0 saturated carbocycles. The lowest BCUT2D eigenvalue weighted by molar-refractivity contribution is -0.123. The number of nitrogens with one attached hydrogen (secondary N) is 4. The van der Waals surface area contributed by atoms with Crippen LogP contribution in [0.4, 0.5) is 0 Å². The number of nitrogens with two attached hydrogens (primary N) is 2. The molecule has 2 amide bonds. The van der Waals surface area contributed by atoms with Gasteiger partial charge in [-0.1, -0.05) is 49.2 Å². The molecule has 4 aromatic rings. The molecule has 0 aliphatic carbocycles. The van der Waals surface area contributed by atoms with Crippen molar-refractivity contribution in [2.45, 2.75) is 50.6 Å². The van der Waals surface area contributed by atoms with Gasteiger partial charge in [0.15, 0.2) is 0 Å². The Labute approximate surface area is 211 Å². The molecule has 8 nitrogen and oxygen atoms in total. The third-order valence-electron chi connectivity index (χ3n) is 6.61. The van der Waals surface area contributed by atoms with Gasteiger partial charge < -0.3 is 32.1 Å². The topological polar surface area (TPSA) is 142 Å². The third kappa shape index (κ3) is 6.53. The zero-order valence-corrected chi connectivity index (χ0v) is 20.6. The van der Waals surface area contributed by atoms with Gasteiger partial charge in [0.25, 0.3) is 0 Å². The Bertz CT molecular complexity index is 1190. The lowest BCUT2D eigenvalue weighted by Crippen LogP contribution is -2.42. The smallest absolute Gasteiger partial charge is 0.237 e. The molecule has 0 bridgehead atoms. The maximum Gasteiger partial charge on any atom is 0.237 e. The molecule has 0 saturated heterocycles. The largest absolute Gasteiger partial charge is 0.361 e. The summed E-state index contributed by atoms with van der Waals surface area (Å²) in [6, 6.07) is 14.9. The molecule has 2 atom stereocenters. The van der Waals surface area contributed by atoms with Crippen LogP contribution < -0.4 is 22.1 Å². The fourth-order valence-electron chi connectivity index (χ4n) is 4.55. The summed E-state index contributed by atoms with van der Waals surface area (Å²) in [7, 11) is 0. The number of carbonyl (C=O) groups is 2. The van der Waals surface area contributed by atoms with E-state index in [0.717, 1.165) is 58.6 Å². The Hall–Kier alpha value is -3.62. The van der Waals surface area contributed by atoms with E-state index >= 15 is 0 Å². The highest BCUT2D eigenvalue weighted by molar-refractivity contribution is 5.87. The molecule has 2 aromatic heterocycles. The van der Waals surface area contributed by atoms with Crippen molar-refractivity contribution in [1.29, 1.82) is 0 Å². The molecule has 0 fully saturated rings. The van der Waals surface area contributed by atoms with Crippen molar-refractivity contribution >= 4 is 33.6 Å². The van der Waals surface area contributed by atoms with E-state index in [1.165, 1.54) is 0 Å². The minimum atomic E-state index is -0.576. The fraction of sp³-hybridized carbons (Fsp3) is 0.357. The first-order valence-electron chi connectivity index (χ1n) is 12.7. The number of carbonyl (C=O) groups excluding carboxylic acids is 2. The van der Waals surface area contributed by atoms with Crippen molar-refractivity contribution in [2.24, 2.45) is 11.5 Å². The summed E-state index contributed by atoms with van der Waals surface area (Å²) < 4.78 is 0. The molecule has 2 heterocycles. The number of hydrogen-bond acceptors (Lipinski definition) is 4. The highest BCUT2D eigenvalue weighted by Crippen LogP contribution is 2.19. The van der Waals surface area contributed by atoms with Crippen molar-refractivity contribution in [3.63, 3.8) is 0 Å². The van der Waals surface area contributed by atoms with Gasteiger partial charge in [0, 0.05) is 47.3 Å². The standard InChI is InChI=1S/C28H36N6O2/c29-23(15-19-17-33-25-11-5-3-9-21(19)25)27(35)31-13-7-1-2-8-14-32-28(36)24(30)16-20-18-34-26-12-6-4-10-22(20)26/h3-6,9-12,17-18,23-24,33-34H,1-2,7-8,13-16,29-30H2,(H,31,35)(H,32,36)/t23-,24-/m0/s1. The molecule has 2 aromatic carbocycles. The summed E-state index contributed by atoms with van der Waals surface area (Å²) in [5.41, 5.74) is 16.5. The number of aromatic nitrogens is 2. The highest BCUT2D eigenvalue weighted by atomic mass is 16.2. The number of amides is 2. The van der Waals surface area contributed by atoms with E-state index in [9.17, 15) is 9.59 Å². The number of H-pyrrole nitrogens is 2. The Morgan fingerprint density at radius 3 is 1.53 bits per heavy atom. The van der Waals surface area contributed by atoms with Gasteiger partial charge >= 0.3 is 0 Å². The number of fused-ring (bicyclic) bond motifs is 2. The van der Waals surface area contributed by atoms with Crippen molar-refractivity contribution in [3.05, 3.63) is 72.1 Å². The van der Waals surface area contributed by atoms with Crippen LogP contribution in [0, 0.1) is 0 Å². The van der Waals surface area contributed by atoms with Gasteiger partial charge in [0.05, 0.1) is 12.1 Å². The highest BCUT2D eigenvalue weighted by Gasteiger charge is 2.17. The lowest BCUT2D eigenvalue weighted by atomic mass is 10.0. The van der Waals surface area contributed by atoms with Gasteiger partial charge in [-0.05, 0) is 48.9 Å². The summed E-state index contributed by atoms with van der Waals surface area (Å²) in [4.78, 5) is 31.1. The summed E-state index contributed by atoms with van der Waals surface area (Å²) >= 11 is 0. The van der Waals surface area contributed by atoms with Gasteiger partial charge in [-0.25, -0.2) is 0 Å². The number of para-hydroxylation sites is 2. The second-order valence-electron chi connectivity index (χ2n) is 9.34. The van der Waals surface area contributed by atoms with E-state index in [1.807, 2.05) is 60.9 Å². The van der Waals surface area contributed by atoms with Crippen LogP contribution in [-0.4, -0.2) is 47.0 Å². The predicted octanol–water partition coefficient (Wildman–Crippen LogP) is 2.88. The molecule has 8 heteroatoms. The first kappa shape index (κ1) is 25.5. The van der Waals surface area contributed by atoms with Gasteiger partial charge in [-0.3, -0.25) is 9.59 Å². The molecule has 0 aliphatic heterocycles. The number of unbranched alkanes of at least 4 members (excludes halogenated alkanes) is 3. The Kier molecular flexibility index (Phi) is 8.76. The Morgan fingerprint density at radius 1 is 0.667 bits per heavy atom. The maximum atomic E-state index is 12.4. The van der Waals surface area contributed by atoms with Gasteiger partial charge in [-0.15, -0.1) is 0 Å². The van der Waals surface area contributed by atoms with E-state index in [4.69, 9.17) is 11.5 Å². The van der Waals surface area contributed by atoms with Crippen LogP contribution in [0.25, 0.3) is 21.8 Å². The van der Waals surface area contributed by atoms with Crippen LogP contribution in [-0.2, 0) is 22.4 Å². The minimum absolute atomic E-state index is 0.128. The quantitative estimate of drug-likeness (QED) is 0.161. The van der Waals surface area contributed by atoms with Crippen molar-refractivity contribution in [2.75, 3.05) is 13.1 Å². The van der Waals surface area contributed by atoms with Crippen LogP contribution in [0.15, 0.2) is 60.9 Å². The molecule has 190 valence electrons. The molecular formula is C28H36N6O2. The molecule has 36 heavy (non-hydrogen) atoms. The summed E-state index contributed by atoms with van der Waals surface area (Å²) in [6.07, 6.45) is 8.52. The molecule has 0 unspecified atom stereocenters. The van der Waals surface area contributed by atoms with Crippen LogP contribution in [0.2, 0.25) is 0 Å². The fourth-order valence-corrected chi connectivity index (χ4v) is 4.55. The maximum absolute atomic E-state index is 12.4. The number of aromatic amines is 2. The average molecular weight is 489 g/mol. The van der Waals surface area contributed by atoms with E-state index in [-0.39, 0.29) is 11.8 Å². The van der Waals surface area contributed by atoms with Gasteiger partial charge in [0.1, 0.15) is 0 Å². The Morgan fingerprint density at radius 2 is 1.08 bits per heavy atom. The molecule has 0 radical (unpaired) electrons. The normalized spacial score (nSPS) is 13.1. The van der Waals surface area contributed by atoms with E-state index in [2.05, 4.69) is 20.6 Å². The van der Waals surface area contributed by atoms with Crippen LogP contribution >= 0.6 is 0 Å². The van der Waals surface area contributed by atoms with Crippen LogP contribution in [0.1, 0.15) is 36.8 Å². The first-order valence-corrected chi connectivity index (χ1v) is 12.7. The summed E-state index contributed by atoms with van der Waals surface area (Å²) in [5.74, 6) is -0.256. The van der Waals surface area contributed by atoms with E-state index in [0.29, 0.717) is 25.9 Å². The number of benzene rings is 2. The second-order valence-corrected chi connectivity index (χ2v) is 9.34. The van der Waals surface area contributed by atoms with E-state index < -0.39 is 12.1 Å². The molecule has 0 aliphatic rings. The Balaban J connectivity index is 1.06. The van der Waals surface area contributed by atoms with Crippen LogP contribution in [0.3, 0.4) is 0 Å². The van der Waals surface area contributed by atoms with Crippen molar-refractivity contribution in [3.8, 4) is 0 Å². The first-order chi connectivity index (χ1) is 17.5. The monoisotopic (exact) mass is 488 g/mol. The third-order valence-corrected chi connectivity index (χ3v) is 6.61. The summed E-state index contributed by atoms with van der Waals surface area (Å²) in [5, 5.41) is 8.08. The zero-order chi connectivity index (χ0) is 25.3. The number of rotatable bonds is 13. The average Bonchev–Trinajstić information content (AvgIpc) is 3.49.